The van der Waals surface area contributed by atoms with E-state index in [9.17, 15) is 23.3 Å². The van der Waals surface area contributed by atoms with Crippen molar-refractivity contribution in [1.82, 2.24) is 5.32 Å². The van der Waals surface area contributed by atoms with E-state index in [1.54, 1.807) is 0 Å². The molecule has 0 aliphatic carbocycles. The topological polar surface area (TPSA) is 119 Å². The second-order valence-electron chi connectivity index (χ2n) is 7.27. The van der Waals surface area contributed by atoms with Crippen LogP contribution in [0.15, 0.2) is 18.2 Å². The molecule has 1 unspecified atom stereocenters. The number of ether oxygens (including phenoxy) is 1. The first-order valence-corrected chi connectivity index (χ1v) is 12.1. The minimum atomic E-state index is -3.73. The van der Waals surface area contributed by atoms with Crippen LogP contribution in [-0.4, -0.2) is 45.7 Å². The average Bonchev–Trinajstić information content (AvgIpc) is 2.69. The number of hydrogen-bond donors (Lipinski definition) is 1. The highest BCUT2D eigenvalue weighted by Gasteiger charge is 2.24. The summed E-state index contributed by atoms with van der Waals surface area (Å²) in [5.41, 5.74) is -0.157. The molecule has 0 radical (unpaired) electrons. The van der Waals surface area contributed by atoms with Crippen molar-refractivity contribution in [1.29, 1.82) is 0 Å². The van der Waals surface area contributed by atoms with Crippen molar-refractivity contribution in [3.05, 3.63) is 28.3 Å². The van der Waals surface area contributed by atoms with Crippen molar-refractivity contribution < 1.29 is 22.9 Å². The van der Waals surface area contributed by atoms with Gasteiger partial charge in [0.25, 0.3) is 5.69 Å². The summed E-state index contributed by atoms with van der Waals surface area (Å²) < 4.78 is 30.9. The molecule has 1 aromatic rings. The summed E-state index contributed by atoms with van der Waals surface area (Å²) in [5.74, 6) is 0.511. The van der Waals surface area contributed by atoms with Crippen molar-refractivity contribution in [3.8, 4) is 5.75 Å². The van der Waals surface area contributed by atoms with Crippen LogP contribution in [0.4, 0.5) is 11.4 Å². The third kappa shape index (κ3) is 8.17. The van der Waals surface area contributed by atoms with E-state index in [1.807, 2.05) is 0 Å². The number of sulfonamides is 1. The van der Waals surface area contributed by atoms with Gasteiger partial charge in [0.1, 0.15) is 11.4 Å². The molecule has 0 saturated carbocycles. The maximum absolute atomic E-state index is 12.3. The molecule has 1 aromatic carbocycles. The lowest BCUT2D eigenvalue weighted by Gasteiger charge is -2.24. The van der Waals surface area contributed by atoms with Crippen LogP contribution in [0.25, 0.3) is 0 Å². The van der Waals surface area contributed by atoms with E-state index < -0.39 is 14.9 Å². The number of benzene rings is 1. The predicted molar refractivity (Wildman–Crippen MR) is 117 cm³/mol. The van der Waals surface area contributed by atoms with Gasteiger partial charge in [0.15, 0.2) is 0 Å². The third-order valence-corrected chi connectivity index (χ3v) is 6.12. The van der Waals surface area contributed by atoms with E-state index in [2.05, 4.69) is 19.2 Å². The van der Waals surface area contributed by atoms with Gasteiger partial charge in [0.05, 0.1) is 18.3 Å². The summed E-state index contributed by atoms with van der Waals surface area (Å²) in [6, 6.07) is 3.78. The molecule has 0 aliphatic rings. The SMILES string of the molecule is CCCCC(CC)CNC(=O)CCCN(c1cc([N+](=O)[O-])ccc1OC)S(C)(=O)=O. The molecule has 1 amide bonds. The maximum Gasteiger partial charge on any atom is 0.271 e. The monoisotopic (exact) mass is 443 g/mol. The molecule has 30 heavy (non-hydrogen) atoms. The third-order valence-electron chi connectivity index (χ3n) is 4.94. The first kappa shape index (κ1) is 25.7. The molecule has 0 spiro atoms. The van der Waals surface area contributed by atoms with E-state index in [0.29, 0.717) is 12.5 Å². The quantitative estimate of drug-likeness (QED) is 0.347. The Kier molecular flexibility index (Phi) is 10.6. The first-order valence-electron chi connectivity index (χ1n) is 10.2. The minimum Gasteiger partial charge on any atom is -0.495 e. The number of nitrogens with one attached hydrogen (secondary N) is 1. The van der Waals surface area contributed by atoms with Crippen LogP contribution in [-0.2, 0) is 14.8 Å². The van der Waals surface area contributed by atoms with Gasteiger partial charge in [0, 0.05) is 31.6 Å². The fourth-order valence-electron chi connectivity index (χ4n) is 3.12. The van der Waals surface area contributed by atoms with E-state index in [0.717, 1.165) is 36.2 Å². The lowest BCUT2D eigenvalue weighted by molar-refractivity contribution is -0.384. The lowest BCUT2D eigenvalue weighted by atomic mass is 9.99. The number of methoxy groups -OCH3 is 1. The highest BCUT2D eigenvalue weighted by atomic mass is 32.2. The molecule has 0 heterocycles. The van der Waals surface area contributed by atoms with Crippen LogP contribution in [0.3, 0.4) is 0 Å². The maximum atomic E-state index is 12.3. The van der Waals surface area contributed by atoms with Gasteiger partial charge in [0.2, 0.25) is 15.9 Å². The molecular weight excluding hydrogens is 410 g/mol. The summed E-state index contributed by atoms with van der Waals surface area (Å²) in [7, 11) is -2.37. The fraction of sp³-hybridized carbons (Fsp3) is 0.650. The van der Waals surface area contributed by atoms with Gasteiger partial charge >= 0.3 is 0 Å². The number of amides is 1. The Morgan fingerprint density at radius 3 is 2.53 bits per heavy atom. The van der Waals surface area contributed by atoms with Gasteiger partial charge in [-0.05, 0) is 24.8 Å². The van der Waals surface area contributed by atoms with E-state index in [-0.39, 0.29) is 42.4 Å². The number of carbonyl (C=O) groups is 1. The molecule has 1 rings (SSSR count). The second-order valence-corrected chi connectivity index (χ2v) is 9.18. The largest absolute Gasteiger partial charge is 0.495 e. The second kappa shape index (κ2) is 12.4. The van der Waals surface area contributed by atoms with Gasteiger partial charge in [-0.1, -0.05) is 33.1 Å². The highest BCUT2D eigenvalue weighted by Crippen LogP contribution is 2.33. The highest BCUT2D eigenvalue weighted by molar-refractivity contribution is 7.92. The average molecular weight is 444 g/mol. The molecule has 0 bridgehead atoms. The van der Waals surface area contributed by atoms with Crippen molar-refractivity contribution >= 4 is 27.3 Å². The number of unbranched alkanes of at least 4 members (excludes halogenated alkanes) is 1. The molecule has 0 aliphatic heterocycles. The van der Waals surface area contributed by atoms with Gasteiger partial charge in [-0.25, -0.2) is 8.42 Å². The fourth-order valence-corrected chi connectivity index (χ4v) is 4.09. The van der Waals surface area contributed by atoms with Crippen LogP contribution in [0.1, 0.15) is 52.4 Å². The van der Waals surface area contributed by atoms with Gasteiger partial charge in [-0.15, -0.1) is 0 Å². The molecule has 9 nitrogen and oxygen atoms in total. The van der Waals surface area contributed by atoms with Crippen molar-refractivity contribution in [2.24, 2.45) is 5.92 Å². The zero-order valence-corrected chi connectivity index (χ0v) is 19.0. The van der Waals surface area contributed by atoms with Crippen LogP contribution in [0, 0.1) is 16.0 Å². The molecular formula is C20H33N3O6S. The Bertz CT molecular complexity index is 813. The molecule has 0 saturated heterocycles. The molecule has 0 aromatic heterocycles. The van der Waals surface area contributed by atoms with E-state index in [1.165, 1.54) is 25.3 Å². The zero-order chi connectivity index (χ0) is 22.7. The minimum absolute atomic E-state index is 0.0107. The number of rotatable bonds is 14. The summed E-state index contributed by atoms with van der Waals surface area (Å²) in [6.45, 7) is 4.86. The molecule has 170 valence electrons. The smallest absolute Gasteiger partial charge is 0.271 e. The standard InChI is InChI=1S/C20H33N3O6S/c1-5-7-9-16(6-2)15-21-20(24)10-8-13-22(30(4,27)28)18-14-17(23(25)26)11-12-19(18)29-3/h11-12,14,16H,5-10,13,15H2,1-4H3,(H,21,24). The van der Waals surface area contributed by atoms with E-state index in [4.69, 9.17) is 4.74 Å². The Morgan fingerprint density at radius 1 is 1.30 bits per heavy atom. The molecule has 1 N–H and O–H groups in total. The Morgan fingerprint density at radius 2 is 2.00 bits per heavy atom. The van der Waals surface area contributed by atoms with Gasteiger partial charge in [-0.3, -0.25) is 19.2 Å². The summed E-state index contributed by atoms with van der Waals surface area (Å²) in [5, 5.41) is 14.0. The Hall–Kier alpha value is -2.36. The number of nitro groups is 1. The molecule has 10 heteroatoms. The number of non-ortho nitro benzene ring substituents is 1. The summed E-state index contributed by atoms with van der Waals surface area (Å²) >= 11 is 0. The number of carbonyl (C=O) groups excluding carboxylic acids is 1. The lowest BCUT2D eigenvalue weighted by Crippen LogP contribution is -2.33. The van der Waals surface area contributed by atoms with Crippen molar-refractivity contribution in [2.45, 2.75) is 52.4 Å². The molecule has 0 fully saturated rings. The van der Waals surface area contributed by atoms with Gasteiger partial charge in [-0.2, -0.15) is 0 Å². The van der Waals surface area contributed by atoms with E-state index >= 15 is 0 Å². The van der Waals surface area contributed by atoms with Crippen LogP contribution < -0.4 is 14.4 Å². The normalized spacial score (nSPS) is 12.3. The number of anilines is 1. The summed E-state index contributed by atoms with van der Waals surface area (Å²) in [6.07, 6.45) is 5.76. The first-order chi connectivity index (χ1) is 14.1. The Labute approximate surface area is 179 Å². The van der Waals surface area contributed by atoms with Crippen molar-refractivity contribution in [2.75, 3.05) is 30.8 Å². The number of nitro benzene ring substituents is 1. The predicted octanol–water partition coefficient (Wildman–Crippen LogP) is 3.48. The molecule has 1 atom stereocenters. The zero-order valence-electron chi connectivity index (χ0n) is 18.2. The van der Waals surface area contributed by atoms with Crippen molar-refractivity contribution in [3.63, 3.8) is 0 Å². The summed E-state index contributed by atoms with van der Waals surface area (Å²) in [4.78, 5) is 22.7. The van der Waals surface area contributed by atoms with Crippen LogP contribution in [0.2, 0.25) is 0 Å². The van der Waals surface area contributed by atoms with Crippen LogP contribution in [0.5, 0.6) is 5.75 Å². The van der Waals surface area contributed by atoms with Crippen LogP contribution >= 0.6 is 0 Å². The number of hydrogen-bond acceptors (Lipinski definition) is 6. The van der Waals surface area contributed by atoms with Gasteiger partial charge < -0.3 is 10.1 Å². The Balaban J connectivity index is 2.79. The number of nitrogens with zero attached hydrogens (tertiary/aromatic N) is 2.